The molecule has 0 aliphatic heterocycles. The van der Waals surface area contributed by atoms with Crippen LogP contribution in [0.4, 0.5) is 0 Å². The van der Waals surface area contributed by atoms with E-state index >= 15 is 0 Å². The topological polar surface area (TPSA) is 84.3 Å². The van der Waals surface area contributed by atoms with Crippen molar-refractivity contribution in [2.24, 2.45) is 0 Å². The summed E-state index contributed by atoms with van der Waals surface area (Å²) in [6.45, 7) is 1.63. The second-order valence-electron chi connectivity index (χ2n) is 7.06. The van der Waals surface area contributed by atoms with Crippen molar-refractivity contribution < 1.29 is 18.3 Å². The lowest BCUT2D eigenvalue weighted by Crippen LogP contribution is -2.11. The molecule has 0 fully saturated rings. The van der Waals surface area contributed by atoms with Gasteiger partial charge in [0, 0.05) is 12.4 Å². The fraction of sp³-hybridized carbons (Fsp3) is 0.217. The molecule has 1 N–H and O–H groups in total. The van der Waals surface area contributed by atoms with Crippen LogP contribution in [0.2, 0.25) is 0 Å². The second kappa shape index (κ2) is 9.01. The molecular formula is C23H23NO4S. The highest BCUT2D eigenvalue weighted by atomic mass is 32.2. The van der Waals surface area contributed by atoms with Gasteiger partial charge in [-0.15, -0.1) is 0 Å². The quantitative estimate of drug-likeness (QED) is 0.610. The molecule has 5 nitrogen and oxygen atoms in total. The van der Waals surface area contributed by atoms with Gasteiger partial charge in [0.2, 0.25) is 0 Å². The number of aryl methyl sites for hydroxylation is 1. The molecule has 0 saturated carbocycles. The first-order valence-corrected chi connectivity index (χ1v) is 11.0. The molecule has 1 unspecified atom stereocenters. The van der Waals surface area contributed by atoms with Crippen molar-refractivity contribution in [3.05, 3.63) is 95.3 Å². The Morgan fingerprint density at radius 3 is 2.38 bits per heavy atom. The molecule has 2 aromatic carbocycles. The number of carbonyl (C=O) groups is 1. The minimum absolute atomic E-state index is 0.0335. The molecule has 0 spiro atoms. The number of nitrogens with zero attached hydrogens (tertiary/aromatic N) is 1. The third-order valence-corrected chi connectivity index (χ3v) is 6.57. The second-order valence-corrected chi connectivity index (χ2v) is 9.17. The van der Waals surface area contributed by atoms with Gasteiger partial charge in [-0.05, 0) is 60.2 Å². The number of carboxylic acid groups (broad SMARTS) is 1. The molecule has 1 atom stereocenters. The molecule has 0 bridgehead atoms. The third-order valence-electron chi connectivity index (χ3n) is 4.84. The van der Waals surface area contributed by atoms with E-state index < -0.39 is 21.7 Å². The largest absolute Gasteiger partial charge is 0.481 e. The van der Waals surface area contributed by atoms with E-state index in [1.165, 1.54) is 0 Å². The Hall–Kier alpha value is -2.99. The molecule has 0 saturated heterocycles. The molecule has 0 aliphatic rings. The summed E-state index contributed by atoms with van der Waals surface area (Å²) in [6, 6.07) is 17.8. The average molecular weight is 410 g/mol. The molecule has 1 aromatic heterocycles. The highest BCUT2D eigenvalue weighted by Gasteiger charge is 2.18. The zero-order valence-electron chi connectivity index (χ0n) is 16.2. The van der Waals surface area contributed by atoms with Crippen molar-refractivity contribution in [3.8, 4) is 0 Å². The highest BCUT2D eigenvalue weighted by molar-refractivity contribution is 7.91. The lowest BCUT2D eigenvalue weighted by molar-refractivity contribution is -0.138. The molecule has 1 heterocycles. The summed E-state index contributed by atoms with van der Waals surface area (Å²) in [4.78, 5) is 15.9. The van der Waals surface area contributed by atoms with Crippen LogP contribution in [0.25, 0.3) is 0 Å². The van der Waals surface area contributed by atoms with E-state index in [9.17, 15) is 18.3 Å². The first-order valence-electron chi connectivity index (χ1n) is 9.37. The van der Waals surface area contributed by atoms with Gasteiger partial charge in [0.1, 0.15) is 0 Å². The molecular weight excluding hydrogens is 386 g/mol. The van der Waals surface area contributed by atoms with Crippen LogP contribution in [0.1, 0.15) is 35.1 Å². The van der Waals surface area contributed by atoms with Crippen LogP contribution in [-0.4, -0.2) is 30.2 Å². The van der Waals surface area contributed by atoms with Crippen molar-refractivity contribution in [1.82, 2.24) is 4.98 Å². The molecule has 150 valence electrons. The van der Waals surface area contributed by atoms with Gasteiger partial charge >= 0.3 is 5.97 Å². The number of pyridine rings is 1. The normalized spacial score (nSPS) is 12.4. The van der Waals surface area contributed by atoms with Crippen LogP contribution in [0.5, 0.6) is 0 Å². The highest BCUT2D eigenvalue weighted by Crippen LogP contribution is 2.23. The average Bonchev–Trinajstić information content (AvgIpc) is 2.73. The molecule has 3 rings (SSSR count). The lowest BCUT2D eigenvalue weighted by atomic mass is 9.93. The summed E-state index contributed by atoms with van der Waals surface area (Å²) in [7, 11) is -3.41. The number of rotatable bonds is 8. The van der Waals surface area contributed by atoms with Gasteiger partial charge in [-0.1, -0.05) is 42.5 Å². The van der Waals surface area contributed by atoms with E-state index in [1.807, 2.05) is 24.3 Å². The fourth-order valence-electron chi connectivity index (χ4n) is 3.17. The number of benzene rings is 2. The van der Waals surface area contributed by atoms with Crippen molar-refractivity contribution in [1.29, 1.82) is 0 Å². The summed E-state index contributed by atoms with van der Waals surface area (Å²) in [6.07, 6.45) is 4.39. The minimum atomic E-state index is -3.41. The Bertz CT molecular complexity index is 1080. The van der Waals surface area contributed by atoms with Gasteiger partial charge in [-0.3, -0.25) is 9.78 Å². The summed E-state index contributed by atoms with van der Waals surface area (Å²) < 4.78 is 25.2. The predicted octanol–water partition coefficient (Wildman–Crippen LogP) is 3.88. The maximum absolute atomic E-state index is 12.6. The zero-order valence-corrected chi connectivity index (χ0v) is 17.0. The van der Waals surface area contributed by atoms with Gasteiger partial charge in [0.05, 0.1) is 16.6 Å². The van der Waals surface area contributed by atoms with Crippen molar-refractivity contribution in [2.75, 3.05) is 5.75 Å². The smallest absolute Gasteiger partial charge is 0.310 e. The Morgan fingerprint density at radius 1 is 1.00 bits per heavy atom. The first kappa shape index (κ1) is 20.7. The predicted molar refractivity (Wildman–Crippen MR) is 112 cm³/mol. The van der Waals surface area contributed by atoms with Gasteiger partial charge in [0.25, 0.3) is 0 Å². The van der Waals surface area contributed by atoms with E-state index in [2.05, 4.69) is 4.98 Å². The van der Waals surface area contributed by atoms with Crippen LogP contribution >= 0.6 is 0 Å². The fourth-order valence-corrected chi connectivity index (χ4v) is 4.48. The van der Waals surface area contributed by atoms with E-state index in [0.29, 0.717) is 23.3 Å². The van der Waals surface area contributed by atoms with Crippen molar-refractivity contribution in [3.63, 3.8) is 0 Å². The van der Waals surface area contributed by atoms with Gasteiger partial charge in [-0.25, -0.2) is 8.42 Å². The number of hydrogen-bond donors (Lipinski definition) is 1. The van der Waals surface area contributed by atoms with Gasteiger partial charge in [0.15, 0.2) is 9.84 Å². The van der Waals surface area contributed by atoms with Crippen LogP contribution in [0.15, 0.2) is 78.0 Å². The third kappa shape index (κ3) is 5.51. The molecule has 3 aromatic rings. The zero-order chi connectivity index (χ0) is 20.9. The number of sulfone groups is 1. The Balaban J connectivity index is 1.87. The Labute approximate surface area is 171 Å². The first-order chi connectivity index (χ1) is 13.8. The number of carboxylic acids is 1. The number of aliphatic carboxylic acids is 1. The van der Waals surface area contributed by atoms with Crippen LogP contribution < -0.4 is 0 Å². The number of hydrogen-bond acceptors (Lipinski definition) is 4. The minimum Gasteiger partial charge on any atom is -0.481 e. The Morgan fingerprint density at radius 2 is 1.72 bits per heavy atom. The van der Waals surface area contributed by atoms with Crippen LogP contribution in [-0.2, 0) is 27.5 Å². The summed E-state index contributed by atoms with van der Waals surface area (Å²) in [5, 5.41) is 9.41. The molecule has 6 heteroatoms. The monoisotopic (exact) mass is 409 g/mol. The molecule has 0 aliphatic carbocycles. The standard InChI is InChI=1S/C23H23NO4S/c1-17(23(25)26)21-14-18(9-11-29(27,28)22-7-3-2-4-8-22)12-20(15-21)13-19-6-5-10-24-16-19/h2-8,10,12,14-17H,9,11,13H2,1H3,(H,25,26). The SMILES string of the molecule is CC(C(=O)O)c1cc(CCS(=O)(=O)c2ccccc2)cc(Cc2cccnc2)c1. The summed E-state index contributed by atoms with van der Waals surface area (Å²) >= 11 is 0. The van der Waals surface area contributed by atoms with Gasteiger partial charge < -0.3 is 5.11 Å². The van der Waals surface area contributed by atoms with Crippen LogP contribution in [0, 0.1) is 0 Å². The number of aromatic nitrogens is 1. The van der Waals surface area contributed by atoms with E-state index in [-0.39, 0.29) is 5.75 Å². The lowest BCUT2D eigenvalue weighted by Gasteiger charge is -2.13. The van der Waals surface area contributed by atoms with Crippen molar-refractivity contribution >= 4 is 15.8 Å². The van der Waals surface area contributed by atoms with E-state index in [1.54, 1.807) is 55.7 Å². The summed E-state index contributed by atoms with van der Waals surface area (Å²) in [5.41, 5.74) is 3.44. The van der Waals surface area contributed by atoms with Gasteiger partial charge in [-0.2, -0.15) is 0 Å². The molecule has 29 heavy (non-hydrogen) atoms. The van der Waals surface area contributed by atoms with Crippen LogP contribution in [0.3, 0.4) is 0 Å². The summed E-state index contributed by atoms with van der Waals surface area (Å²) in [5.74, 6) is -1.62. The molecule has 0 radical (unpaired) electrons. The maximum Gasteiger partial charge on any atom is 0.310 e. The van der Waals surface area contributed by atoms with E-state index in [0.717, 1.165) is 16.7 Å². The molecule has 0 amide bonds. The van der Waals surface area contributed by atoms with Crippen molar-refractivity contribution in [2.45, 2.75) is 30.6 Å². The maximum atomic E-state index is 12.6. The van der Waals surface area contributed by atoms with E-state index in [4.69, 9.17) is 0 Å². The Kier molecular flexibility index (Phi) is 6.44.